The molecule has 1 aliphatic heterocycles. The second kappa shape index (κ2) is 3.74. The van der Waals surface area contributed by atoms with Crippen LogP contribution in [0.1, 0.15) is 5.56 Å². The van der Waals surface area contributed by atoms with E-state index in [0.717, 1.165) is 5.75 Å². The molecule has 0 N–H and O–H groups in total. The van der Waals surface area contributed by atoms with E-state index in [2.05, 4.69) is 20.9 Å². The van der Waals surface area contributed by atoms with E-state index in [4.69, 9.17) is 9.47 Å². The Labute approximate surface area is 89.1 Å². The minimum absolute atomic E-state index is 0.0687. The molecular weight excluding hydrogens is 283 g/mol. The van der Waals surface area contributed by atoms with Crippen molar-refractivity contribution in [2.45, 2.75) is 25.7 Å². The molecule has 0 bridgehead atoms. The topological polar surface area (TPSA) is 18.5 Å². The standard InChI is InChI=1S/C8H7O2.3CH3.Sn/c1-2-4-8-7(3-1)5-9-6-10-8;;;;/h1-4,6H,5H2;3*1H3;. The van der Waals surface area contributed by atoms with Gasteiger partial charge in [0.25, 0.3) is 0 Å². The summed E-state index contributed by atoms with van der Waals surface area (Å²) in [5.41, 5.74) is 1.17. The van der Waals surface area contributed by atoms with Gasteiger partial charge in [0.1, 0.15) is 0 Å². The van der Waals surface area contributed by atoms with E-state index in [9.17, 15) is 0 Å². The van der Waals surface area contributed by atoms with Crippen molar-refractivity contribution in [2.75, 3.05) is 0 Å². The second-order valence-corrected chi connectivity index (χ2v) is 19.6. The van der Waals surface area contributed by atoms with E-state index in [1.807, 2.05) is 18.2 Å². The van der Waals surface area contributed by atoms with Crippen molar-refractivity contribution in [3.8, 4) is 5.75 Å². The van der Waals surface area contributed by atoms with Crippen LogP contribution in [0.2, 0.25) is 14.8 Å². The van der Waals surface area contributed by atoms with Crippen LogP contribution >= 0.6 is 0 Å². The summed E-state index contributed by atoms with van der Waals surface area (Å²) in [6.07, 6.45) is 0. The Morgan fingerprint density at radius 3 is 2.64 bits per heavy atom. The SMILES string of the molecule is [CH3][Sn]([CH3])([CH3])[CH]1OCc2ccccc2O1. The molecule has 14 heavy (non-hydrogen) atoms. The Morgan fingerprint density at radius 1 is 1.21 bits per heavy atom. The van der Waals surface area contributed by atoms with Gasteiger partial charge in [-0.1, -0.05) is 0 Å². The molecular formula is C11H16O2Sn. The quantitative estimate of drug-likeness (QED) is 0.742. The van der Waals surface area contributed by atoms with Crippen molar-refractivity contribution >= 4 is 18.4 Å². The van der Waals surface area contributed by atoms with E-state index in [1.54, 1.807) is 0 Å². The van der Waals surface area contributed by atoms with E-state index in [-0.39, 0.29) is 4.31 Å². The average Bonchev–Trinajstić information content (AvgIpc) is 2.16. The molecule has 0 saturated carbocycles. The van der Waals surface area contributed by atoms with Crippen LogP contribution in [-0.4, -0.2) is 22.7 Å². The van der Waals surface area contributed by atoms with Gasteiger partial charge < -0.3 is 0 Å². The Balaban J connectivity index is 2.22. The first kappa shape index (κ1) is 10.3. The normalized spacial score (nSPS) is 21.2. The number of ether oxygens (including phenoxy) is 2. The summed E-state index contributed by atoms with van der Waals surface area (Å²) in [6, 6.07) is 8.12. The zero-order valence-electron chi connectivity index (χ0n) is 8.91. The maximum atomic E-state index is 5.87. The van der Waals surface area contributed by atoms with Gasteiger partial charge in [0.2, 0.25) is 0 Å². The van der Waals surface area contributed by atoms with Gasteiger partial charge in [-0.25, -0.2) is 0 Å². The molecule has 0 radical (unpaired) electrons. The summed E-state index contributed by atoms with van der Waals surface area (Å²) in [4.78, 5) is 6.98. The van der Waals surface area contributed by atoms with Crippen LogP contribution < -0.4 is 4.74 Å². The molecule has 0 fully saturated rings. The van der Waals surface area contributed by atoms with Gasteiger partial charge >= 0.3 is 89.2 Å². The summed E-state index contributed by atoms with van der Waals surface area (Å²) in [5.74, 6) is 1.01. The first-order chi connectivity index (χ1) is 6.57. The predicted octanol–water partition coefficient (Wildman–Crippen LogP) is 2.80. The first-order valence-electron chi connectivity index (χ1n) is 4.93. The van der Waals surface area contributed by atoms with Crippen LogP contribution in [0.25, 0.3) is 0 Å². The molecule has 0 spiro atoms. The van der Waals surface area contributed by atoms with Crippen molar-refractivity contribution in [1.29, 1.82) is 0 Å². The van der Waals surface area contributed by atoms with Gasteiger partial charge in [0.15, 0.2) is 0 Å². The zero-order valence-corrected chi connectivity index (χ0v) is 11.8. The van der Waals surface area contributed by atoms with E-state index in [0.29, 0.717) is 6.61 Å². The maximum absolute atomic E-state index is 5.87. The molecule has 1 atom stereocenters. The van der Waals surface area contributed by atoms with Gasteiger partial charge in [-0.2, -0.15) is 0 Å². The zero-order chi connectivity index (χ0) is 10.2. The van der Waals surface area contributed by atoms with Gasteiger partial charge in [-0.05, 0) is 0 Å². The fourth-order valence-electron chi connectivity index (χ4n) is 1.48. The third-order valence-corrected chi connectivity index (χ3v) is 7.15. The number of hydrogen-bond acceptors (Lipinski definition) is 2. The molecule has 1 aromatic carbocycles. The van der Waals surface area contributed by atoms with Crippen LogP contribution in [-0.2, 0) is 11.3 Å². The molecule has 1 unspecified atom stereocenters. The molecule has 1 heterocycles. The summed E-state index contributed by atoms with van der Waals surface area (Å²) in [7, 11) is 0. The number of para-hydroxylation sites is 1. The van der Waals surface area contributed by atoms with Crippen LogP contribution in [0.15, 0.2) is 24.3 Å². The Bertz CT molecular complexity index is 330. The number of rotatable bonds is 1. The van der Waals surface area contributed by atoms with E-state index < -0.39 is 18.4 Å². The second-order valence-electron chi connectivity index (χ2n) is 4.73. The van der Waals surface area contributed by atoms with E-state index in [1.165, 1.54) is 5.56 Å². The fraction of sp³-hybridized carbons (Fsp3) is 0.455. The van der Waals surface area contributed by atoms with Crippen LogP contribution in [0.4, 0.5) is 0 Å². The molecule has 2 rings (SSSR count). The molecule has 3 heteroatoms. The van der Waals surface area contributed by atoms with Gasteiger partial charge in [-0.3, -0.25) is 0 Å². The molecule has 0 amide bonds. The summed E-state index contributed by atoms with van der Waals surface area (Å²) < 4.78 is 11.7. The monoisotopic (exact) mass is 300 g/mol. The Morgan fingerprint density at radius 2 is 1.93 bits per heavy atom. The Kier molecular flexibility index (Phi) is 2.75. The van der Waals surface area contributed by atoms with Crippen molar-refractivity contribution in [3.63, 3.8) is 0 Å². The van der Waals surface area contributed by atoms with Gasteiger partial charge in [0, 0.05) is 0 Å². The van der Waals surface area contributed by atoms with Crippen molar-refractivity contribution in [1.82, 2.24) is 0 Å². The summed E-state index contributed by atoms with van der Waals surface area (Å²) in [5, 5.41) is 0. The molecule has 1 aromatic rings. The first-order valence-corrected chi connectivity index (χ1v) is 15.1. The Hall–Kier alpha value is -0.221. The van der Waals surface area contributed by atoms with Crippen molar-refractivity contribution in [2.24, 2.45) is 0 Å². The van der Waals surface area contributed by atoms with Crippen LogP contribution in [0.5, 0.6) is 5.75 Å². The van der Waals surface area contributed by atoms with Crippen molar-refractivity contribution < 1.29 is 9.47 Å². The number of benzene rings is 1. The third-order valence-electron chi connectivity index (χ3n) is 2.30. The number of fused-ring (bicyclic) bond motifs is 1. The summed E-state index contributed by atoms with van der Waals surface area (Å²) >= 11 is -2.08. The predicted molar refractivity (Wildman–Crippen MR) is 59.0 cm³/mol. The third kappa shape index (κ3) is 2.06. The molecule has 76 valence electrons. The molecule has 2 nitrogen and oxygen atoms in total. The van der Waals surface area contributed by atoms with Crippen LogP contribution in [0.3, 0.4) is 0 Å². The van der Waals surface area contributed by atoms with Crippen molar-refractivity contribution in [3.05, 3.63) is 29.8 Å². The van der Waals surface area contributed by atoms with Gasteiger partial charge in [0.05, 0.1) is 0 Å². The van der Waals surface area contributed by atoms with Gasteiger partial charge in [-0.15, -0.1) is 0 Å². The summed E-state index contributed by atoms with van der Waals surface area (Å²) in [6.45, 7) is 0.703. The molecule has 1 aliphatic rings. The van der Waals surface area contributed by atoms with E-state index >= 15 is 0 Å². The minimum atomic E-state index is -2.08. The number of hydrogen-bond donors (Lipinski definition) is 0. The average molecular weight is 299 g/mol. The molecule has 0 aromatic heterocycles. The van der Waals surface area contributed by atoms with Crippen LogP contribution in [0, 0.1) is 0 Å². The molecule has 0 aliphatic carbocycles. The molecule has 0 saturated heterocycles. The fourth-order valence-corrected chi connectivity index (χ4v) is 4.52.